The zero-order chi connectivity index (χ0) is 17.2. The molecule has 1 atom stereocenters. The summed E-state index contributed by atoms with van der Waals surface area (Å²) in [5.74, 6) is 0.922. The summed E-state index contributed by atoms with van der Waals surface area (Å²) in [6.07, 6.45) is 3.58. The highest BCUT2D eigenvalue weighted by Crippen LogP contribution is 2.31. The number of methoxy groups -OCH3 is 1. The predicted octanol–water partition coefficient (Wildman–Crippen LogP) is 3.42. The van der Waals surface area contributed by atoms with E-state index in [2.05, 4.69) is 20.3 Å². The lowest BCUT2D eigenvalue weighted by Crippen LogP contribution is -2.18. The Labute approximate surface area is 143 Å². The lowest BCUT2D eigenvalue weighted by Gasteiger charge is -2.23. The predicted molar refractivity (Wildman–Crippen MR) is 90.4 cm³/mol. The molecule has 1 unspecified atom stereocenters. The van der Waals surface area contributed by atoms with Gasteiger partial charge in [-0.1, -0.05) is 12.1 Å². The molecule has 7 nitrogen and oxygen atoms in total. The van der Waals surface area contributed by atoms with Crippen molar-refractivity contribution in [2.75, 3.05) is 19.0 Å². The molecule has 0 amide bonds. The molecule has 25 heavy (non-hydrogen) atoms. The molecule has 3 aromatic rings. The van der Waals surface area contributed by atoms with E-state index in [0.717, 1.165) is 19.3 Å². The summed E-state index contributed by atoms with van der Waals surface area (Å²) in [5.41, 5.74) is 1.58. The van der Waals surface area contributed by atoms with Gasteiger partial charge in [0.1, 0.15) is 12.0 Å². The van der Waals surface area contributed by atoms with Gasteiger partial charge in [0.05, 0.1) is 19.1 Å². The highest BCUT2D eigenvalue weighted by molar-refractivity contribution is 5.86. The minimum atomic E-state index is -0.817. The lowest BCUT2D eigenvalue weighted by atomic mass is 10.2. The van der Waals surface area contributed by atoms with Gasteiger partial charge < -0.3 is 14.8 Å². The van der Waals surface area contributed by atoms with Gasteiger partial charge in [0.2, 0.25) is 0 Å². The quantitative estimate of drug-likeness (QED) is 0.732. The number of imidazole rings is 1. The third-order valence-corrected chi connectivity index (χ3v) is 4.22. The Kier molecular flexibility index (Phi) is 4.19. The Morgan fingerprint density at radius 2 is 2.16 bits per heavy atom. The maximum absolute atomic E-state index is 14.0. The van der Waals surface area contributed by atoms with E-state index in [1.165, 1.54) is 0 Å². The van der Waals surface area contributed by atoms with Crippen LogP contribution in [0.4, 0.5) is 15.9 Å². The number of hydrogen-bond acceptors (Lipinski definition) is 6. The normalized spacial score (nSPS) is 17.6. The van der Waals surface area contributed by atoms with Crippen LogP contribution in [-0.2, 0) is 4.74 Å². The molecular weight excluding hydrogens is 325 g/mol. The molecule has 2 aromatic heterocycles. The first-order valence-electron chi connectivity index (χ1n) is 8.18. The van der Waals surface area contributed by atoms with Crippen molar-refractivity contribution < 1.29 is 13.9 Å². The number of hydrogen-bond donors (Lipinski definition) is 1. The molecule has 4 rings (SSSR count). The van der Waals surface area contributed by atoms with Crippen LogP contribution < -0.4 is 10.1 Å². The summed E-state index contributed by atoms with van der Waals surface area (Å²) >= 11 is 0. The lowest BCUT2D eigenvalue weighted by molar-refractivity contribution is -0.0298. The van der Waals surface area contributed by atoms with Gasteiger partial charge in [-0.3, -0.25) is 4.57 Å². The summed E-state index contributed by atoms with van der Waals surface area (Å²) in [4.78, 5) is 12.2. The van der Waals surface area contributed by atoms with Gasteiger partial charge in [-0.15, -0.1) is 0 Å². The van der Waals surface area contributed by atoms with Crippen LogP contribution in [0.25, 0.3) is 11.2 Å². The standard InChI is InChI=1S/C17H18FN5O2/c1-24-12-7-3-2-6-11(12)20-15-14-16(22-17(18)21-15)23(10-19-14)13-8-4-5-9-25-13/h2-3,6-7,10,13H,4-5,8-9H2,1H3,(H,20,21,22). The van der Waals surface area contributed by atoms with Gasteiger partial charge >= 0.3 is 6.08 Å². The van der Waals surface area contributed by atoms with Crippen molar-refractivity contribution in [3.05, 3.63) is 36.7 Å². The molecule has 0 bridgehead atoms. The molecule has 3 heterocycles. The average molecular weight is 343 g/mol. The van der Waals surface area contributed by atoms with Crippen LogP contribution >= 0.6 is 0 Å². The van der Waals surface area contributed by atoms with Gasteiger partial charge in [0.15, 0.2) is 17.0 Å². The average Bonchev–Trinajstić information content (AvgIpc) is 3.07. The Balaban J connectivity index is 1.75. The van der Waals surface area contributed by atoms with Crippen LogP contribution in [0, 0.1) is 6.08 Å². The van der Waals surface area contributed by atoms with E-state index in [0.29, 0.717) is 35.0 Å². The number of rotatable bonds is 4. The van der Waals surface area contributed by atoms with Crippen molar-refractivity contribution in [1.29, 1.82) is 0 Å². The number of fused-ring (bicyclic) bond motifs is 1. The van der Waals surface area contributed by atoms with Gasteiger partial charge in [-0.25, -0.2) is 4.98 Å². The summed E-state index contributed by atoms with van der Waals surface area (Å²) in [6.45, 7) is 0.685. The van der Waals surface area contributed by atoms with Gasteiger partial charge in [0, 0.05) is 6.61 Å². The molecule has 0 saturated carbocycles. The van der Waals surface area contributed by atoms with Gasteiger partial charge in [-0.2, -0.15) is 14.4 Å². The largest absolute Gasteiger partial charge is 0.495 e. The maximum atomic E-state index is 14.0. The van der Waals surface area contributed by atoms with E-state index in [4.69, 9.17) is 9.47 Å². The zero-order valence-corrected chi connectivity index (χ0v) is 13.8. The van der Waals surface area contributed by atoms with Crippen molar-refractivity contribution in [1.82, 2.24) is 19.5 Å². The number of para-hydroxylation sites is 2. The minimum absolute atomic E-state index is 0.174. The number of aromatic nitrogens is 4. The number of ether oxygens (including phenoxy) is 2. The van der Waals surface area contributed by atoms with Crippen LogP contribution in [0.2, 0.25) is 0 Å². The van der Waals surface area contributed by atoms with Gasteiger partial charge in [-0.05, 0) is 31.4 Å². The molecule has 1 saturated heterocycles. The molecule has 0 aliphatic carbocycles. The van der Waals surface area contributed by atoms with E-state index in [1.54, 1.807) is 18.0 Å². The molecule has 0 spiro atoms. The molecule has 0 radical (unpaired) electrons. The SMILES string of the molecule is COc1ccccc1Nc1nc(F)nc2c1ncn2C1CCCCO1. The first kappa shape index (κ1) is 15.8. The van der Waals surface area contributed by atoms with E-state index >= 15 is 0 Å². The van der Waals surface area contributed by atoms with Crippen molar-refractivity contribution >= 4 is 22.7 Å². The molecule has 1 N–H and O–H groups in total. The third-order valence-electron chi connectivity index (χ3n) is 4.22. The minimum Gasteiger partial charge on any atom is -0.495 e. The maximum Gasteiger partial charge on any atom is 0.312 e. The van der Waals surface area contributed by atoms with E-state index in [1.807, 2.05) is 24.3 Å². The molecule has 1 fully saturated rings. The zero-order valence-electron chi connectivity index (χ0n) is 13.8. The van der Waals surface area contributed by atoms with Crippen LogP contribution in [0.3, 0.4) is 0 Å². The Bertz CT molecular complexity index is 892. The number of nitrogens with one attached hydrogen (secondary N) is 1. The fourth-order valence-corrected chi connectivity index (χ4v) is 3.01. The second kappa shape index (κ2) is 6.64. The molecule has 8 heteroatoms. The van der Waals surface area contributed by atoms with Crippen LogP contribution in [-0.4, -0.2) is 33.2 Å². The molecule has 1 aliphatic heterocycles. The topological polar surface area (TPSA) is 74.1 Å². The smallest absolute Gasteiger partial charge is 0.312 e. The Hall–Kier alpha value is -2.74. The van der Waals surface area contributed by atoms with Crippen LogP contribution in [0.15, 0.2) is 30.6 Å². The summed E-state index contributed by atoms with van der Waals surface area (Å²) in [7, 11) is 1.58. The van der Waals surface area contributed by atoms with Crippen molar-refractivity contribution in [2.24, 2.45) is 0 Å². The fraction of sp³-hybridized carbons (Fsp3) is 0.353. The van der Waals surface area contributed by atoms with Crippen LogP contribution in [0.1, 0.15) is 25.5 Å². The first-order valence-corrected chi connectivity index (χ1v) is 8.18. The highest BCUT2D eigenvalue weighted by atomic mass is 19.1. The van der Waals surface area contributed by atoms with Crippen molar-refractivity contribution in [2.45, 2.75) is 25.5 Å². The number of halogens is 1. The summed E-state index contributed by atoms with van der Waals surface area (Å²) in [6, 6.07) is 7.35. The molecule has 1 aromatic carbocycles. The van der Waals surface area contributed by atoms with E-state index in [9.17, 15) is 4.39 Å². The van der Waals surface area contributed by atoms with E-state index in [-0.39, 0.29) is 6.23 Å². The Morgan fingerprint density at radius 1 is 1.28 bits per heavy atom. The van der Waals surface area contributed by atoms with Crippen molar-refractivity contribution in [3.8, 4) is 5.75 Å². The second-order valence-corrected chi connectivity index (χ2v) is 5.81. The summed E-state index contributed by atoms with van der Waals surface area (Å²) in [5, 5.41) is 3.09. The summed E-state index contributed by atoms with van der Waals surface area (Å²) < 4.78 is 26.9. The van der Waals surface area contributed by atoms with Crippen molar-refractivity contribution in [3.63, 3.8) is 0 Å². The van der Waals surface area contributed by atoms with Gasteiger partial charge in [0.25, 0.3) is 0 Å². The molecule has 130 valence electrons. The van der Waals surface area contributed by atoms with E-state index < -0.39 is 6.08 Å². The number of anilines is 2. The molecule has 1 aliphatic rings. The number of benzene rings is 1. The first-order chi connectivity index (χ1) is 12.3. The fourth-order valence-electron chi connectivity index (χ4n) is 3.01. The monoisotopic (exact) mass is 343 g/mol. The third kappa shape index (κ3) is 3.00. The Morgan fingerprint density at radius 3 is 2.96 bits per heavy atom. The molecular formula is C17H18FN5O2. The highest BCUT2D eigenvalue weighted by Gasteiger charge is 2.21. The second-order valence-electron chi connectivity index (χ2n) is 5.81. The van der Waals surface area contributed by atoms with Crippen LogP contribution in [0.5, 0.6) is 5.75 Å². The number of nitrogens with zero attached hydrogens (tertiary/aromatic N) is 4.